The largest absolute Gasteiger partial charge is 0.337 e. The minimum Gasteiger partial charge on any atom is -0.337 e. The van der Waals surface area contributed by atoms with Gasteiger partial charge in [0.15, 0.2) is 5.69 Å². The molecule has 1 aliphatic heterocycles. The smallest absolute Gasteiger partial charge is 0.275 e. The monoisotopic (exact) mass is 390 g/mol. The Morgan fingerprint density at radius 1 is 0.966 bits per heavy atom. The maximum absolute atomic E-state index is 13.1. The molecule has 0 bridgehead atoms. The molecule has 3 aromatic rings. The summed E-state index contributed by atoms with van der Waals surface area (Å²) in [6, 6.07) is 17.3. The van der Waals surface area contributed by atoms with Gasteiger partial charge in [0, 0.05) is 30.7 Å². The predicted octanol–water partition coefficient (Wildman–Crippen LogP) is 3.72. The zero-order valence-electron chi connectivity index (χ0n) is 16.8. The van der Waals surface area contributed by atoms with Crippen molar-refractivity contribution in [2.75, 3.05) is 24.5 Å². The minimum atomic E-state index is -0.0519. The van der Waals surface area contributed by atoms with Crippen molar-refractivity contribution in [3.8, 4) is 0 Å². The van der Waals surface area contributed by atoms with Gasteiger partial charge in [0.2, 0.25) is 5.91 Å². The van der Waals surface area contributed by atoms with Crippen molar-refractivity contribution in [1.29, 1.82) is 0 Å². The fourth-order valence-corrected chi connectivity index (χ4v) is 3.98. The van der Waals surface area contributed by atoms with Gasteiger partial charge in [-0.25, -0.2) is 0 Å². The number of fused-ring (bicyclic) bond motifs is 1. The molecule has 0 radical (unpaired) electrons. The van der Waals surface area contributed by atoms with Crippen LogP contribution in [0.5, 0.6) is 0 Å². The van der Waals surface area contributed by atoms with E-state index in [0.717, 1.165) is 42.5 Å². The molecule has 1 saturated heterocycles. The van der Waals surface area contributed by atoms with Gasteiger partial charge in [-0.3, -0.25) is 14.3 Å². The third-order valence-corrected chi connectivity index (χ3v) is 5.47. The van der Waals surface area contributed by atoms with Gasteiger partial charge in [0.25, 0.3) is 5.91 Å². The summed E-state index contributed by atoms with van der Waals surface area (Å²) in [6.45, 7) is 4.17. The number of carbonyl (C=O) groups excluding carboxylic acids is 2. The molecule has 2 heterocycles. The van der Waals surface area contributed by atoms with Crippen LogP contribution in [0.1, 0.15) is 36.7 Å². The van der Waals surface area contributed by atoms with Gasteiger partial charge in [-0.1, -0.05) is 36.4 Å². The molecule has 150 valence electrons. The fraction of sp³-hybridized carbons (Fsp3) is 0.348. The lowest BCUT2D eigenvalue weighted by molar-refractivity contribution is -0.119. The highest BCUT2D eigenvalue weighted by Crippen LogP contribution is 2.22. The molecule has 4 rings (SSSR count). The number of aromatic nitrogens is 2. The van der Waals surface area contributed by atoms with Gasteiger partial charge in [-0.05, 0) is 44.4 Å². The third-order valence-electron chi connectivity index (χ3n) is 5.47. The quantitative estimate of drug-likeness (QED) is 0.667. The summed E-state index contributed by atoms with van der Waals surface area (Å²) in [5, 5.41) is 5.40. The van der Waals surface area contributed by atoms with Gasteiger partial charge in [-0.15, -0.1) is 0 Å². The van der Waals surface area contributed by atoms with Crippen molar-refractivity contribution in [2.45, 2.75) is 32.7 Å². The minimum absolute atomic E-state index is 0.0393. The Balaban J connectivity index is 1.64. The number of carbonyl (C=O) groups is 2. The SMILES string of the molecule is CCN(C(=O)Cn1nc(C(=O)N2CCCCC2)c2ccccc21)c1ccccc1. The molecule has 2 amide bonds. The van der Waals surface area contributed by atoms with Crippen molar-refractivity contribution in [1.82, 2.24) is 14.7 Å². The summed E-state index contributed by atoms with van der Waals surface area (Å²) in [4.78, 5) is 29.7. The van der Waals surface area contributed by atoms with Gasteiger partial charge in [-0.2, -0.15) is 5.10 Å². The lowest BCUT2D eigenvalue weighted by atomic mass is 10.1. The number of piperidine rings is 1. The highest BCUT2D eigenvalue weighted by Gasteiger charge is 2.25. The van der Waals surface area contributed by atoms with Gasteiger partial charge < -0.3 is 9.80 Å². The molecule has 2 aromatic carbocycles. The first-order valence-electron chi connectivity index (χ1n) is 10.3. The average molecular weight is 390 g/mol. The standard InChI is InChI=1S/C23H26N4O2/c1-2-26(18-11-5-3-6-12-18)21(28)17-27-20-14-8-7-13-19(20)22(24-27)23(29)25-15-9-4-10-16-25/h3,5-8,11-14H,2,4,9-10,15-17H2,1H3. The Morgan fingerprint density at radius 2 is 1.66 bits per heavy atom. The van der Waals surface area contributed by atoms with Crippen molar-refractivity contribution < 1.29 is 9.59 Å². The molecular weight excluding hydrogens is 364 g/mol. The normalized spacial score (nSPS) is 14.2. The number of benzene rings is 2. The molecule has 1 fully saturated rings. The van der Waals surface area contributed by atoms with E-state index in [2.05, 4.69) is 5.10 Å². The van der Waals surface area contributed by atoms with E-state index < -0.39 is 0 Å². The summed E-state index contributed by atoms with van der Waals surface area (Å²) in [5.41, 5.74) is 2.12. The molecule has 6 heteroatoms. The topological polar surface area (TPSA) is 58.4 Å². The number of likely N-dealkylation sites (N-methyl/N-ethyl adjacent to an activating group) is 1. The summed E-state index contributed by atoms with van der Waals surface area (Å²) < 4.78 is 1.67. The Morgan fingerprint density at radius 3 is 2.38 bits per heavy atom. The van der Waals surface area contributed by atoms with Crippen molar-refractivity contribution in [2.24, 2.45) is 0 Å². The van der Waals surface area contributed by atoms with Crippen LogP contribution in [0, 0.1) is 0 Å². The number of amides is 2. The van der Waals surface area contributed by atoms with Crippen LogP contribution in [0.2, 0.25) is 0 Å². The Hall–Kier alpha value is -3.15. The average Bonchev–Trinajstić information content (AvgIpc) is 3.13. The first kappa shape index (κ1) is 19.2. The first-order valence-corrected chi connectivity index (χ1v) is 10.3. The van der Waals surface area contributed by atoms with E-state index in [0.29, 0.717) is 12.2 Å². The second kappa shape index (κ2) is 8.47. The Labute approximate surface area is 170 Å². The molecule has 0 N–H and O–H groups in total. The number of hydrogen-bond donors (Lipinski definition) is 0. The van der Waals surface area contributed by atoms with E-state index in [1.54, 1.807) is 9.58 Å². The molecule has 0 atom stereocenters. The molecule has 29 heavy (non-hydrogen) atoms. The Bertz CT molecular complexity index is 1010. The molecule has 6 nitrogen and oxygen atoms in total. The van der Waals surface area contributed by atoms with E-state index in [9.17, 15) is 9.59 Å². The van der Waals surface area contributed by atoms with Crippen LogP contribution in [-0.2, 0) is 11.3 Å². The molecule has 0 aliphatic carbocycles. The van der Waals surface area contributed by atoms with Crippen LogP contribution >= 0.6 is 0 Å². The lowest BCUT2D eigenvalue weighted by Crippen LogP contribution is -2.36. The summed E-state index contributed by atoms with van der Waals surface area (Å²) in [7, 11) is 0. The van der Waals surface area contributed by atoms with Gasteiger partial charge >= 0.3 is 0 Å². The van der Waals surface area contributed by atoms with Crippen molar-refractivity contribution in [3.63, 3.8) is 0 Å². The number of para-hydroxylation sites is 2. The van der Waals surface area contributed by atoms with Crippen LogP contribution in [0.25, 0.3) is 10.9 Å². The zero-order valence-corrected chi connectivity index (χ0v) is 16.8. The van der Waals surface area contributed by atoms with Crippen LogP contribution in [-0.4, -0.2) is 46.1 Å². The molecular formula is C23H26N4O2. The third kappa shape index (κ3) is 3.88. The summed E-state index contributed by atoms with van der Waals surface area (Å²) >= 11 is 0. The van der Waals surface area contributed by atoms with Crippen molar-refractivity contribution in [3.05, 3.63) is 60.3 Å². The van der Waals surface area contributed by atoms with Crippen LogP contribution < -0.4 is 4.90 Å². The second-order valence-electron chi connectivity index (χ2n) is 7.35. The summed E-state index contributed by atoms with van der Waals surface area (Å²) in [5.74, 6) is -0.0913. The van der Waals surface area contributed by atoms with Gasteiger partial charge in [0.05, 0.1) is 5.52 Å². The van der Waals surface area contributed by atoms with E-state index in [-0.39, 0.29) is 18.4 Å². The lowest BCUT2D eigenvalue weighted by Gasteiger charge is -2.26. The molecule has 0 unspecified atom stereocenters. The highest BCUT2D eigenvalue weighted by atomic mass is 16.2. The maximum atomic E-state index is 13.1. The van der Waals surface area contributed by atoms with Crippen LogP contribution in [0.15, 0.2) is 54.6 Å². The molecule has 0 saturated carbocycles. The van der Waals surface area contributed by atoms with E-state index in [1.807, 2.05) is 66.4 Å². The maximum Gasteiger partial charge on any atom is 0.275 e. The van der Waals surface area contributed by atoms with E-state index in [1.165, 1.54) is 6.42 Å². The summed E-state index contributed by atoms with van der Waals surface area (Å²) in [6.07, 6.45) is 3.23. The van der Waals surface area contributed by atoms with Crippen molar-refractivity contribution >= 4 is 28.4 Å². The van der Waals surface area contributed by atoms with Crippen LogP contribution in [0.4, 0.5) is 5.69 Å². The predicted molar refractivity (Wildman–Crippen MR) is 114 cm³/mol. The Kier molecular flexibility index (Phi) is 5.60. The van der Waals surface area contributed by atoms with E-state index in [4.69, 9.17) is 0 Å². The second-order valence-corrected chi connectivity index (χ2v) is 7.35. The number of rotatable bonds is 5. The molecule has 0 spiro atoms. The van der Waals surface area contributed by atoms with E-state index >= 15 is 0 Å². The number of hydrogen-bond acceptors (Lipinski definition) is 3. The number of nitrogens with zero attached hydrogens (tertiary/aromatic N) is 4. The molecule has 1 aromatic heterocycles. The highest BCUT2D eigenvalue weighted by molar-refractivity contribution is 6.05. The number of likely N-dealkylation sites (tertiary alicyclic amines) is 1. The van der Waals surface area contributed by atoms with Gasteiger partial charge in [0.1, 0.15) is 6.54 Å². The first-order chi connectivity index (χ1) is 14.2. The molecule has 1 aliphatic rings. The number of anilines is 1. The fourth-order valence-electron chi connectivity index (χ4n) is 3.98. The van der Waals surface area contributed by atoms with Crippen LogP contribution in [0.3, 0.4) is 0 Å². The zero-order chi connectivity index (χ0) is 20.2.